The SMILES string of the molecule is O=C(O)c1ccc(CN2CCC(c3c[nH]c4ccccc34)CC2)cc1. The fraction of sp³-hybridized carbons (Fsp3) is 0.286. The zero-order valence-corrected chi connectivity index (χ0v) is 14.1. The fourth-order valence-electron chi connectivity index (χ4n) is 3.84. The fourth-order valence-corrected chi connectivity index (χ4v) is 3.84. The Labute approximate surface area is 147 Å². The van der Waals surface area contributed by atoms with Gasteiger partial charge in [0.2, 0.25) is 0 Å². The molecule has 1 saturated heterocycles. The van der Waals surface area contributed by atoms with Crippen molar-refractivity contribution in [2.45, 2.75) is 25.3 Å². The van der Waals surface area contributed by atoms with Crippen LogP contribution in [0.4, 0.5) is 0 Å². The van der Waals surface area contributed by atoms with Crippen molar-refractivity contribution in [2.24, 2.45) is 0 Å². The summed E-state index contributed by atoms with van der Waals surface area (Å²) in [4.78, 5) is 16.8. The Morgan fingerprint density at radius 3 is 2.52 bits per heavy atom. The molecule has 2 aromatic carbocycles. The molecule has 0 bridgehead atoms. The summed E-state index contributed by atoms with van der Waals surface area (Å²) in [7, 11) is 0. The topological polar surface area (TPSA) is 56.3 Å². The first-order chi connectivity index (χ1) is 12.2. The number of H-pyrrole nitrogens is 1. The molecule has 2 heterocycles. The molecule has 0 radical (unpaired) electrons. The number of carboxylic acids is 1. The van der Waals surface area contributed by atoms with Crippen molar-refractivity contribution in [2.75, 3.05) is 13.1 Å². The van der Waals surface area contributed by atoms with Gasteiger partial charge in [-0.15, -0.1) is 0 Å². The lowest BCUT2D eigenvalue weighted by Crippen LogP contribution is -2.32. The van der Waals surface area contributed by atoms with E-state index in [0.717, 1.165) is 32.5 Å². The lowest BCUT2D eigenvalue weighted by molar-refractivity contribution is 0.0697. The molecule has 0 unspecified atom stereocenters. The van der Waals surface area contributed by atoms with E-state index in [-0.39, 0.29) is 0 Å². The van der Waals surface area contributed by atoms with E-state index in [1.165, 1.54) is 22.0 Å². The smallest absolute Gasteiger partial charge is 0.335 e. The number of carbonyl (C=O) groups is 1. The number of hydrogen-bond acceptors (Lipinski definition) is 2. The Bertz CT molecular complexity index is 874. The Balaban J connectivity index is 1.39. The van der Waals surface area contributed by atoms with Crippen LogP contribution in [0.3, 0.4) is 0 Å². The summed E-state index contributed by atoms with van der Waals surface area (Å²) in [5.41, 5.74) is 4.19. The molecule has 0 amide bonds. The van der Waals surface area contributed by atoms with Crippen molar-refractivity contribution in [3.05, 3.63) is 71.4 Å². The van der Waals surface area contributed by atoms with Gasteiger partial charge in [-0.1, -0.05) is 30.3 Å². The van der Waals surface area contributed by atoms with Gasteiger partial charge in [0.25, 0.3) is 0 Å². The number of fused-ring (bicyclic) bond motifs is 1. The molecule has 0 spiro atoms. The highest BCUT2D eigenvalue weighted by Crippen LogP contribution is 2.33. The highest BCUT2D eigenvalue weighted by Gasteiger charge is 2.22. The zero-order valence-electron chi connectivity index (χ0n) is 14.1. The maximum Gasteiger partial charge on any atom is 0.335 e. The van der Waals surface area contributed by atoms with E-state index in [0.29, 0.717) is 11.5 Å². The number of nitrogens with zero attached hydrogens (tertiary/aromatic N) is 1. The molecule has 1 aliphatic rings. The van der Waals surface area contributed by atoms with E-state index >= 15 is 0 Å². The van der Waals surface area contributed by atoms with Crippen molar-refractivity contribution < 1.29 is 9.90 Å². The maximum atomic E-state index is 10.9. The maximum absolute atomic E-state index is 10.9. The van der Waals surface area contributed by atoms with Gasteiger partial charge in [-0.3, -0.25) is 4.90 Å². The molecule has 4 heteroatoms. The molecule has 3 aromatic rings. The predicted octanol–water partition coefficient (Wildman–Crippen LogP) is 4.25. The van der Waals surface area contributed by atoms with Crippen LogP contribution in [0.5, 0.6) is 0 Å². The molecular weight excluding hydrogens is 312 g/mol. The summed E-state index contributed by atoms with van der Waals surface area (Å²) in [5, 5.41) is 10.3. The Hall–Kier alpha value is -2.59. The highest BCUT2D eigenvalue weighted by atomic mass is 16.4. The van der Waals surface area contributed by atoms with E-state index in [1.807, 2.05) is 12.1 Å². The van der Waals surface area contributed by atoms with Gasteiger partial charge < -0.3 is 10.1 Å². The average Bonchev–Trinajstić information content (AvgIpc) is 3.07. The normalized spacial score (nSPS) is 16.3. The van der Waals surface area contributed by atoms with E-state index in [4.69, 9.17) is 5.11 Å². The number of aromatic amines is 1. The molecule has 0 aliphatic carbocycles. The van der Waals surface area contributed by atoms with Gasteiger partial charge >= 0.3 is 5.97 Å². The Morgan fingerprint density at radius 2 is 1.80 bits per heavy atom. The van der Waals surface area contributed by atoms with E-state index in [1.54, 1.807) is 12.1 Å². The molecule has 4 nitrogen and oxygen atoms in total. The van der Waals surface area contributed by atoms with Crippen LogP contribution >= 0.6 is 0 Å². The van der Waals surface area contributed by atoms with E-state index in [2.05, 4.69) is 40.3 Å². The lowest BCUT2D eigenvalue weighted by Gasteiger charge is -2.32. The summed E-state index contributed by atoms with van der Waals surface area (Å²) >= 11 is 0. The summed E-state index contributed by atoms with van der Waals surface area (Å²) in [5.74, 6) is -0.257. The third-order valence-electron chi connectivity index (χ3n) is 5.26. The number of rotatable bonds is 4. The number of piperidine rings is 1. The van der Waals surface area contributed by atoms with Crippen molar-refractivity contribution in [3.63, 3.8) is 0 Å². The number of carboxylic acid groups (broad SMARTS) is 1. The van der Waals surface area contributed by atoms with Crippen molar-refractivity contribution in [1.82, 2.24) is 9.88 Å². The second kappa shape index (κ2) is 6.73. The van der Waals surface area contributed by atoms with Crippen molar-refractivity contribution >= 4 is 16.9 Å². The summed E-state index contributed by atoms with van der Waals surface area (Å²) < 4.78 is 0. The molecule has 25 heavy (non-hydrogen) atoms. The lowest BCUT2D eigenvalue weighted by atomic mass is 9.89. The van der Waals surface area contributed by atoms with Crippen LogP contribution in [0.2, 0.25) is 0 Å². The summed E-state index contributed by atoms with van der Waals surface area (Å²) in [6.45, 7) is 3.04. The third kappa shape index (κ3) is 3.30. The van der Waals surface area contributed by atoms with Gasteiger partial charge in [0.15, 0.2) is 0 Å². The quantitative estimate of drug-likeness (QED) is 0.750. The number of benzene rings is 2. The monoisotopic (exact) mass is 334 g/mol. The standard InChI is InChI=1S/C21H22N2O2/c24-21(25)17-7-5-15(6-8-17)14-23-11-9-16(10-12-23)19-13-22-20-4-2-1-3-18(19)20/h1-8,13,16,22H,9-12,14H2,(H,24,25). The minimum absolute atomic E-state index is 0.349. The number of aromatic carboxylic acids is 1. The zero-order chi connectivity index (χ0) is 17.2. The van der Waals surface area contributed by atoms with Crippen molar-refractivity contribution in [3.8, 4) is 0 Å². The Kier molecular flexibility index (Phi) is 4.28. The second-order valence-electron chi connectivity index (χ2n) is 6.84. The second-order valence-corrected chi connectivity index (χ2v) is 6.84. The third-order valence-corrected chi connectivity index (χ3v) is 5.26. The number of nitrogens with one attached hydrogen (secondary N) is 1. The summed E-state index contributed by atoms with van der Waals surface area (Å²) in [6.07, 6.45) is 4.50. The van der Waals surface area contributed by atoms with Gasteiger partial charge in [-0.25, -0.2) is 4.79 Å². The van der Waals surface area contributed by atoms with Gasteiger partial charge in [0, 0.05) is 23.6 Å². The number of aromatic nitrogens is 1. The minimum atomic E-state index is -0.869. The van der Waals surface area contributed by atoms with Gasteiger partial charge in [0.1, 0.15) is 0 Å². The van der Waals surface area contributed by atoms with Crippen LogP contribution in [0.25, 0.3) is 10.9 Å². The van der Waals surface area contributed by atoms with Crippen LogP contribution < -0.4 is 0 Å². The van der Waals surface area contributed by atoms with Crippen LogP contribution in [0.1, 0.15) is 40.2 Å². The molecule has 1 aromatic heterocycles. The van der Waals surface area contributed by atoms with E-state index < -0.39 is 5.97 Å². The molecule has 0 atom stereocenters. The van der Waals surface area contributed by atoms with Crippen molar-refractivity contribution in [1.29, 1.82) is 0 Å². The average molecular weight is 334 g/mol. The molecule has 1 fully saturated rings. The molecule has 4 rings (SSSR count). The Morgan fingerprint density at radius 1 is 1.08 bits per heavy atom. The molecule has 0 saturated carbocycles. The van der Waals surface area contributed by atoms with Gasteiger partial charge in [0.05, 0.1) is 5.56 Å². The van der Waals surface area contributed by atoms with Gasteiger partial charge in [-0.05, 0) is 61.2 Å². The predicted molar refractivity (Wildman–Crippen MR) is 99.0 cm³/mol. The molecular formula is C21H22N2O2. The minimum Gasteiger partial charge on any atom is -0.478 e. The number of para-hydroxylation sites is 1. The number of likely N-dealkylation sites (tertiary alicyclic amines) is 1. The molecule has 128 valence electrons. The first-order valence-corrected chi connectivity index (χ1v) is 8.81. The first kappa shape index (κ1) is 15.9. The van der Waals surface area contributed by atoms with Crippen LogP contribution in [-0.2, 0) is 6.54 Å². The molecule has 2 N–H and O–H groups in total. The van der Waals surface area contributed by atoms with Crippen LogP contribution in [0.15, 0.2) is 54.7 Å². The highest BCUT2D eigenvalue weighted by molar-refractivity contribution is 5.87. The van der Waals surface area contributed by atoms with Crippen LogP contribution in [0, 0.1) is 0 Å². The van der Waals surface area contributed by atoms with Gasteiger partial charge in [-0.2, -0.15) is 0 Å². The first-order valence-electron chi connectivity index (χ1n) is 8.81. The largest absolute Gasteiger partial charge is 0.478 e. The van der Waals surface area contributed by atoms with E-state index in [9.17, 15) is 4.79 Å². The van der Waals surface area contributed by atoms with Crippen LogP contribution in [-0.4, -0.2) is 34.0 Å². The molecule has 1 aliphatic heterocycles. The summed E-state index contributed by atoms with van der Waals surface area (Å²) in [6, 6.07) is 15.7. The number of hydrogen-bond donors (Lipinski definition) is 2.